The van der Waals surface area contributed by atoms with Crippen LogP contribution in [-0.4, -0.2) is 27.7 Å². The first kappa shape index (κ1) is 26.2. The number of ether oxygens (including phenoxy) is 1. The quantitative estimate of drug-likeness (QED) is 0.337. The summed E-state index contributed by atoms with van der Waals surface area (Å²) in [4.78, 5) is 19.0. The van der Waals surface area contributed by atoms with E-state index in [9.17, 15) is 4.79 Å². The molecule has 2 aromatic heterocycles. The molecule has 7 nitrogen and oxygen atoms in total. The number of thiocarbonyl (C=S) groups is 1. The number of aryl methyl sites for hydroxylation is 1. The zero-order valence-electron chi connectivity index (χ0n) is 22.7. The van der Waals surface area contributed by atoms with E-state index in [2.05, 4.69) is 46.1 Å². The van der Waals surface area contributed by atoms with Crippen LogP contribution in [0.3, 0.4) is 0 Å². The molecule has 1 aromatic carbocycles. The minimum absolute atomic E-state index is 0.0577. The van der Waals surface area contributed by atoms with Crippen LogP contribution in [0.5, 0.6) is 5.75 Å². The van der Waals surface area contributed by atoms with E-state index >= 15 is 0 Å². The molecule has 0 spiro atoms. The van der Waals surface area contributed by atoms with Crippen molar-refractivity contribution in [2.45, 2.75) is 77.4 Å². The number of nitrogens with one attached hydrogen (secondary N) is 2. The van der Waals surface area contributed by atoms with Gasteiger partial charge in [-0.3, -0.25) is 9.78 Å². The van der Waals surface area contributed by atoms with Crippen molar-refractivity contribution < 1.29 is 9.53 Å². The van der Waals surface area contributed by atoms with E-state index in [1.165, 1.54) is 49.1 Å². The number of rotatable bonds is 7. The highest BCUT2D eigenvalue weighted by atomic mass is 32.1. The summed E-state index contributed by atoms with van der Waals surface area (Å²) < 4.78 is 8.23. The summed E-state index contributed by atoms with van der Waals surface area (Å²) in [6.45, 7) is 6.30. The van der Waals surface area contributed by atoms with Crippen molar-refractivity contribution in [2.75, 3.05) is 17.3 Å². The molecule has 1 saturated carbocycles. The Morgan fingerprint density at radius 2 is 1.95 bits per heavy atom. The van der Waals surface area contributed by atoms with Crippen molar-refractivity contribution in [3.8, 4) is 5.75 Å². The molecule has 1 aliphatic heterocycles. The van der Waals surface area contributed by atoms with Gasteiger partial charge in [-0.2, -0.15) is 0 Å². The van der Waals surface area contributed by atoms with Gasteiger partial charge in [-0.15, -0.1) is 0 Å². The standard InChI is InChI=1S/C30H37N5O2S/c1-5-27(36)32-24-15-14-22(18-26(24)37-4)35-29(28(33-30(35)38)25-13-9-10-16-31-25)23-17-19(2)34(20(23)3)21-11-7-6-8-12-21/h9-10,13-18,21,28-29H,5-8,11-12H2,1-4H3,(H,32,36)(H,33,38)/t28-,29+/m1/s1. The molecule has 5 rings (SSSR count). The average molecular weight is 532 g/mol. The summed E-state index contributed by atoms with van der Waals surface area (Å²) >= 11 is 5.96. The van der Waals surface area contributed by atoms with Crippen molar-refractivity contribution in [1.29, 1.82) is 0 Å². The van der Waals surface area contributed by atoms with Gasteiger partial charge in [0.15, 0.2) is 5.11 Å². The fraction of sp³-hybridized carbons (Fsp3) is 0.433. The highest BCUT2D eigenvalue weighted by Crippen LogP contribution is 2.45. The molecule has 1 aliphatic carbocycles. The first-order valence-electron chi connectivity index (χ1n) is 13.6. The molecule has 1 amide bonds. The number of nitrogens with zero attached hydrogens (tertiary/aromatic N) is 3. The number of carbonyl (C=O) groups excluding carboxylic acids is 1. The fourth-order valence-corrected chi connectivity index (χ4v) is 6.47. The molecule has 2 N–H and O–H groups in total. The second kappa shape index (κ2) is 11.2. The number of hydrogen-bond acceptors (Lipinski definition) is 4. The van der Waals surface area contributed by atoms with Crippen LogP contribution in [0.2, 0.25) is 0 Å². The van der Waals surface area contributed by atoms with Gasteiger partial charge in [0.05, 0.1) is 30.6 Å². The minimum atomic E-state index is -0.116. The SMILES string of the molecule is CCC(=O)Nc1ccc(N2C(=S)N[C@H](c3ccccn3)[C@@H]2c2cc(C)n(C3CCCCC3)c2C)cc1OC. The molecule has 1 saturated heterocycles. The summed E-state index contributed by atoms with van der Waals surface area (Å²) in [5, 5.41) is 7.14. The molecule has 2 aliphatic rings. The lowest BCUT2D eigenvalue weighted by Crippen LogP contribution is -2.29. The van der Waals surface area contributed by atoms with Gasteiger partial charge in [-0.05, 0) is 74.8 Å². The molecule has 3 heterocycles. The normalized spacial score (nSPS) is 19.9. The van der Waals surface area contributed by atoms with Gasteiger partial charge in [0, 0.05) is 41.8 Å². The zero-order valence-corrected chi connectivity index (χ0v) is 23.5. The number of carbonyl (C=O) groups is 1. The predicted molar refractivity (Wildman–Crippen MR) is 156 cm³/mol. The molecule has 0 bridgehead atoms. The summed E-state index contributed by atoms with van der Waals surface area (Å²) in [6.07, 6.45) is 8.59. The van der Waals surface area contributed by atoms with Gasteiger partial charge in [0.25, 0.3) is 0 Å². The second-order valence-electron chi connectivity index (χ2n) is 10.3. The highest BCUT2D eigenvalue weighted by molar-refractivity contribution is 7.80. The highest BCUT2D eigenvalue weighted by Gasteiger charge is 2.42. The zero-order chi connectivity index (χ0) is 26.8. The predicted octanol–water partition coefficient (Wildman–Crippen LogP) is 6.54. The Labute approximate surface area is 230 Å². The van der Waals surface area contributed by atoms with Gasteiger partial charge in [-0.25, -0.2) is 0 Å². The lowest BCUT2D eigenvalue weighted by atomic mass is 9.94. The van der Waals surface area contributed by atoms with Crippen molar-refractivity contribution in [3.63, 3.8) is 0 Å². The van der Waals surface area contributed by atoms with Crippen LogP contribution in [0, 0.1) is 13.8 Å². The number of benzene rings is 1. The fourth-order valence-electron chi connectivity index (χ4n) is 6.12. The number of methoxy groups -OCH3 is 1. The summed E-state index contributed by atoms with van der Waals surface area (Å²) in [7, 11) is 1.62. The van der Waals surface area contributed by atoms with E-state index in [1.807, 2.05) is 43.5 Å². The Hall–Kier alpha value is -3.39. The number of amides is 1. The van der Waals surface area contributed by atoms with E-state index in [1.54, 1.807) is 7.11 Å². The lowest BCUT2D eigenvalue weighted by molar-refractivity contribution is -0.115. The van der Waals surface area contributed by atoms with E-state index in [0.29, 0.717) is 29.0 Å². The molecular formula is C30H37N5O2S. The topological polar surface area (TPSA) is 71.4 Å². The largest absolute Gasteiger partial charge is 0.494 e. The van der Waals surface area contributed by atoms with Crippen LogP contribution in [-0.2, 0) is 4.79 Å². The van der Waals surface area contributed by atoms with Gasteiger partial charge < -0.3 is 24.8 Å². The monoisotopic (exact) mass is 531 g/mol. The summed E-state index contributed by atoms with van der Waals surface area (Å²) in [5.74, 6) is 0.539. The number of aromatic nitrogens is 2. The van der Waals surface area contributed by atoms with E-state index in [4.69, 9.17) is 21.9 Å². The van der Waals surface area contributed by atoms with Crippen molar-refractivity contribution >= 4 is 34.6 Å². The smallest absolute Gasteiger partial charge is 0.224 e. The molecule has 2 fully saturated rings. The Kier molecular flexibility index (Phi) is 7.70. The maximum Gasteiger partial charge on any atom is 0.224 e. The second-order valence-corrected chi connectivity index (χ2v) is 10.7. The van der Waals surface area contributed by atoms with Crippen molar-refractivity contribution in [2.24, 2.45) is 0 Å². The number of anilines is 2. The Morgan fingerprint density at radius 1 is 1.16 bits per heavy atom. The first-order valence-corrected chi connectivity index (χ1v) is 14.0. The molecule has 200 valence electrons. The maximum atomic E-state index is 12.1. The van der Waals surface area contributed by atoms with Crippen LogP contribution < -0.4 is 20.3 Å². The molecular weight excluding hydrogens is 494 g/mol. The van der Waals surface area contributed by atoms with Crippen LogP contribution in [0.15, 0.2) is 48.7 Å². The minimum Gasteiger partial charge on any atom is -0.494 e. The Bertz CT molecular complexity index is 1320. The average Bonchev–Trinajstić information content (AvgIpc) is 3.44. The Balaban J connectivity index is 1.60. The van der Waals surface area contributed by atoms with Gasteiger partial charge in [0.1, 0.15) is 5.75 Å². The van der Waals surface area contributed by atoms with Crippen molar-refractivity contribution in [1.82, 2.24) is 14.9 Å². The van der Waals surface area contributed by atoms with E-state index in [0.717, 1.165) is 11.4 Å². The molecule has 0 radical (unpaired) electrons. The van der Waals surface area contributed by atoms with E-state index < -0.39 is 0 Å². The third kappa shape index (κ3) is 4.89. The van der Waals surface area contributed by atoms with Crippen LogP contribution >= 0.6 is 12.2 Å². The molecule has 8 heteroatoms. The van der Waals surface area contributed by atoms with Crippen LogP contribution in [0.4, 0.5) is 11.4 Å². The third-order valence-electron chi connectivity index (χ3n) is 7.94. The molecule has 38 heavy (non-hydrogen) atoms. The van der Waals surface area contributed by atoms with Gasteiger partial charge >= 0.3 is 0 Å². The maximum absolute atomic E-state index is 12.1. The molecule has 2 atom stereocenters. The first-order chi connectivity index (χ1) is 18.4. The Morgan fingerprint density at radius 3 is 2.63 bits per heavy atom. The van der Waals surface area contributed by atoms with Crippen LogP contribution in [0.25, 0.3) is 0 Å². The lowest BCUT2D eigenvalue weighted by Gasteiger charge is -2.30. The summed E-state index contributed by atoms with van der Waals surface area (Å²) in [6, 6.07) is 14.5. The van der Waals surface area contributed by atoms with Crippen LogP contribution in [0.1, 0.15) is 86.2 Å². The van der Waals surface area contributed by atoms with Gasteiger partial charge in [-0.1, -0.05) is 32.3 Å². The van der Waals surface area contributed by atoms with Gasteiger partial charge in [0.2, 0.25) is 5.91 Å². The van der Waals surface area contributed by atoms with Crippen molar-refractivity contribution in [3.05, 3.63) is 71.3 Å². The molecule has 3 aromatic rings. The number of hydrogen-bond donors (Lipinski definition) is 2. The van der Waals surface area contributed by atoms with E-state index in [-0.39, 0.29) is 18.0 Å². The summed E-state index contributed by atoms with van der Waals surface area (Å²) in [5.41, 5.74) is 6.32. The molecule has 0 unspecified atom stereocenters. The number of pyridine rings is 1. The third-order valence-corrected chi connectivity index (χ3v) is 8.25.